The van der Waals surface area contributed by atoms with Gasteiger partial charge in [0.25, 0.3) is 15.9 Å². The van der Waals surface area contributed by atoms with Gasteiger partial charge in [-0.1, -0.05) is 23.7 Å². The molecule has 46 heavy (non-hydrogen) atoms. The van der Waals surface area contributed by atoms with Gasteiger partial charge in [-0.3, -0.25) is 9.69 Å². The average Bonchev–Trinajstić information content (AvgIpc) is 3.01. The molecule has 1 fully saturated rings. The van der Waals surface area contributed by atoms with Gasteiger partial charge in [0.2, 0.25) is 0 Å². The number of carbonyl (C=O) groups excluding carboxylic acids is 2. The molecule has 1 aliphatic carbocycles. The van der Waals surface area contributed by atoms with Gasteiger partial charge in [0.1, 0.15) is 18.5 Å². The number of hydrogen-bond acceptors (Lipinski definition) is 8. The van der Waals surface area contributed by atoms with E-state index in [2.05, 4.69) is 9.62 Å². The van der Waals surface area contributed by atoms with Crippen LogP contribution in [0.2, 0.25) is 5.02 Å². The predicted molar refractivity (Wildman–Crippen MR) is 179 cm³/mol. The smallest absolute Gasteiger partial charge is 0.409 e. The molecule has 2 aromatic carbocycles. The molecule has 2 aliphatic heterocycles. The first-order valence-corrected chi connectivity index (χ1v) is 17.7. The minimum absolute atomic E-state index is 0.0105. The number of anilines is 1. The maximum absolute atomic E-state index is 13.7. The largest absolute Gasteiger partial charge is 0.487 e. The second-order valence-electron chi connectivity index (χ2n) is 13.3. The molecule has 1 unspecified atom stereocenters. The second kappa shape index (κ2) is 13.8. The zero-order valence-corrected chi connectivity index (χ0v) is 28.9. The normalized spacial score (nSPS) is 25.7. The van der Waals surface area contributed by atoms with Crippen molar-refractivity contribution >= 4 is 39.3 Å². The molecule has 12 heteroatoms. The van der Waals surface area contributed by atoms with Gasteiger partial charge in [-0.15, -0.1) is 0 Å². The number of fused-ring (bicyclic) bond motifs is 3. The van der Waals surface area contributed by atoms with Crippen LogP contribution in [0.3, 0.4) is 0 Å². The van der Waals surface area contributed by atoms with E-state index >= 15 is 0 Å². The fourth-order valence-corrected chi connectivity index (χ4v) is 7.49. The van der Waals surface area contributed by atoms with Crippen LogP contribution in [-0.4, -0.2) is 82.6 Å². The van der Waals surface area contributed by atoms with Gasteiger partial charge in [0, 0.05) is 44.7 Å². The quantitative estimate of drug-likeness (QED) is 0.410. The Morgan fingerprint density at radius 3 is 2.61 bits per heavy atom. The van der Waals surface area contributed by atoms with E-state index in [-0.39, 0.29) is 16.7 Å². The first-order chi connectivity index (χ1) is 21.8. The summed E-state index contributed by atoms with van der Waals surface area (Å²) in [5.74, 6) is 0.182. The predicted octanol–water partition coefficient (Wildman–Crippen LogP) is 5.24. The fourth-order valence-electron chi connectivity index (χ4n) is 6.17. The molecule has 2 aromatic rings. The lowest BCUT2D eigenvalue weighted by atomic mass is 9.70. The van der Waals surface area contributed by atoms with Crippen LogP contribution >= 0.6 is 11.6 Å². The van der Waals surface area contributed by atoms with Gasteiger partial charge in [-0.05, 0) is 106 Å². The lowest BCUT2D eigenvalue weighted by Crippen LogP contribution is -2.54. The van der Waals surface area contributed by atoms with E-state index in [1.165, 1.54) is 11.0 Å². The highest BCUT2D eigenvalue weighted by Gasteiger charge is 2.40. The highest BCUT2D eigenvalue weighted by molar-refractivity contribution is 7.90. The van der Waals surface area contributed by atoms with Gasteiger partial charge in [0.15, 0.2) is 0 Å². The summed E-state index contributed by atoms with van der Waals surface area (Å²) in [5, 5.41) is 0.681. The standard InChI is InChI=1S/C34H45ClN4O6S/c1-34(2)32(40)36-46(42,43)27-14-16-31-29(20-27)39(18-7-6-9-23-19-26(35)13-11-25(23)22-44-31)21-24-12-15-28(24)30(10-8-17-38(34)5)45-33(41)37(3)4/h8,10-11,13-14,16,19-20,24,28,30H,6-7,9,12,15,17-18,21-22H2,1-5H3,(H,36,40)/b10-8+/t24-,28+,30?/m0/s1. The molecule has 250 valence electrons. The monoisotopic (exact) mass is 672 g/mol. The number of hydrogen-bond donors (Lipinski definition) is 1. The van der Waals surface area contributed by atoms with Gasteiger partial charge in [-0.2, -0.15) is 0 Å². The fraction of sp³-hybridized carbons (Fsp3) is 0.529. The van der Waals surface area contributed by atoms with E-state index in [1.54, 1.807) is 52.0 Å². The van der Waals surface area contributed by atoms with Crippen LogP contribution < -0.4 is 14.4 Å². The molecule has 0 aromatic heterocycles. The molecule has 2 heterocycles. The first kappa shape index (κ1) is 34.1. The van der Waals surface area contributed by atoms with Crippen molar-refractivity contribution < 1.29 is 27.5 Å². The number of halogens is 1. The lowest BCUT2D eigenvalue weighted by Gasteiger charge is -2.43. The van der Waals surface area contributed by atoms with Crippen molar-refractivity contribution in [2.45, 2.75) is 69.1 Å². The van der Waals surface area contributed by atoms with E-state index in [9.17, 15) is 18.0 Å². The summed E-state index contributed by atoms with van der Waals surface area (Å²) in [7, 11) is 0.890. The summed E-state index contributed by atoms with van der Waals surface area (Å²) in [6.45, 7) is 5.31. The summed E-state index contributed by atoms with van der Waals surface area (Å²) >= 11 is 6.33. The van der Waals surface area contributed by atoms with Crippen LogP contribution in [0.1, 0.15) is 50.7 Å². The van der Waals surface area contributed by atoms with Gasteiger partial charge >= 0.3 is 6.09 Å². The molecule has 5 rings (SSSR count). The lowest BCUT2D eigenvalue weighted by molar-refractivity contribution is -0.128. The average molecular weight is 673 g/mol. The number of benzene rings is 2. The van der Waals surface area contributed by atoms with Crippen molar-refractivity contribution in [2.75, 3.05) is 45.7 Å². The van der Waals surface area contributed by atoms with Crippen LogP contribution in [0.5, 0.6) is 5.75 Å². The molecule has 0 spiro atoms. The maximum atomic E-state index is 13.7. The number of sulfonamides is 1. The minimum atomic E-state index is -4.20. The zero-order chi connectivity index (χ0) is 33.2. The molecule has 1 saturated carbocycles. The van der Waals surface area contributed by atoms with E-state index in [0.717, 1.165) is 43.2 Å². The Balaban J connectivity index is 1.57. The molecular weight excluding hydrogens is 628 g/mol. The van der Waals surface area contributed by atoms with Crippen LogP contribution in [0.4, 0.5) is 10.5 Å². The highest BCUT2D eigenvalue weighted by Crippen LogP contribution is 2.42. The molecule has 0 radical (unpaired) electrons. The summed E-state index contributed by atoms with van der Waals surface area (Å²) in [6.07, 6.45) is 7.41. The van der Waals surface area contributed by atoms with Crippen LogP contribution in [0, 0.1) is 11.8 Å². The highest BCUT2D eigenvalue weighted by atomic mass is 35.5. The molecule has 1 N–H and O–H groups in total. The van der Waals surface area contributed by atoms with E-state index < -0.39 is 33.7 Å². The molecule has 3 aliphatic rings. The summed E-state index contributed by atoms with van der Waals surface area (Å²) in [5.41, 5.74) is 1.66. The maximum Gasteiger partial charge on any atom is 0.409 e. The Labute approximate surface area is 277 Å². The Morgan fingerprint density at radius 1 is 1.11 bits per heavy atom. The van der Waals surface area contributed by atoms with E-state index in [4.69, 9.17) is 21.1 Å². The second-order valence-corrected chi connectivity index (χ2v) is 15.4. The third kappa shape index (κ3) is 7.47. The SMILES string of the molecule is CN(C)C(=O)OC1/C=C/CN(C)C(C)(C)C(=O)NS(=O)(=O)c2ccc3c(c2)N(CCCCc2cc(Cl)ccc2CO3)C[C@@H]2CC[C@@H]12. The number of aryl methyl sites for hydroxylation is 1. The van der Waals surface area contributed by atoms with Crippen molar-refractivity contribution in [1.82, 2.24) is 14.5 Å². The number of likely N-dealkylation sites (N-methyl/N-ethyl adjacent to an activating group) is 1. The third-order valence-electron chi connectivity index (χ3n) is 9.65. The topological polar surface area (TPSA) is 108 Å². The van der Waals surface area contributed by atoms with Crippen LogP contribution in [-0.2, 0) is 32.6 Å². The van der Waals surface area contributed by atoms with Crippen molar-refractivity contribution in [3.05, 3.63) is 64.7 Å². The van der Waals surface area contributed by atoms with Gasteiger partial charge in [-0.25, -0.2) is 17.9 Å². The van der Waals surface area contributed by atoms with E-state index in [0.29, 0.717) is 42.7 Å². The number of carbonyl (C=O) groups is 2. The summed E-state index contributed by atoms with van der Waals surface area (Å²) in [6, 6.07) is 10.6. The summed E-state index contributed by atoms with van der Waals surface area (Å²) in [4.78, 5) is 31.5. The number of nitrogens with one attached hydrogen (secondary N) is 1. The number of nitrogens with zero attached hydrogens (tertiary/aromatic N) is 3. The molecule has 2 bridgehead atoms. The minimum Gasteiger partial charge on any atom is -0.487 e. The Morgan fingerprint density at radius 2 is 1.89 bits per heavy atom. The number of rotatable bonds is 1. The van der Waals surface area contributed by atoms with Crippen LogP contribution in [0.25, 0.3) is 0 Å². The third-order valence-corrected chi connectivity index (χ3v) is 11.2. The first-order valence-electron chi connectivity index (χ1n) is 15.9. The van der Waals surface area contributed by atoms with Gasteiger partial charge < -0.3 is 19.3 Å². The Bertz CT molecular complexity index is 1590. The zero-order valence-electron chi connectivity index (χ0n) is 27.3. The van der Waals surface area contributed by atoms with Crippen molar-refractivity contribution in [3.63, 3.8) is 0 Å². The van der Waals surface area contributed by atoms with Crippen LogP contribution in [0.15, 0.2) is 53.4 Å². The molecule has 0 saturated heterocycles. The Kier molecular flexibility index (Phi) is 10.2. The Hall–Kier alpha value is -3.28. The molecular formula is C34H45ClN4O6S. The van der Waals surface area contributed by atoms with Gasteiger partial charge in [0.05, 0.1) is 16.1 Å². The molecule has 3 atom stereocenters. The van der Waals surface area contributed by atoms with E-state index in [1.807, 2.05) is 30.4 Å². The molecule has 2 amide bonds. The number of amides is 2. The summed E-state index contributed by atoms with van der Waals surface area (Å²) < 4.78 is 42.0. The molecule has 10 nitrogen and oxygen atoms in total. The number of ether oxygens (including phenoxy) is 2. The van der Waals surface area contributed by atoms with Crippen molar-refractivity contribution in [3.8, 4) is 5.75 Å². The van der Waals surface area contributed by atoms with Crippen molar-refractivity contribution in [1.29, 1.82) is 0 Å². The van der Waals surface area contributed by atoms with Crippen molar-refractivity contribution in [2.24, 2.45) is 11.8 Å².